The van der Waals surface area contributed by atoms with E-state index in [9.17, 15) is 0 Å². The average molecular weight is 402 g/mol. The molecule has 1 heterocycles. The summed E-state index contributed by atoms with van der Waals surface area (Å²) in [5.74, 6) is 0.643. The molecule has 0 saturated heterocycles. The van der Waals surface area contributed by atoms with Gasteiger partial charge in [-0.25, -0.2) is 4.85 Å². The van der Waals surface area contributed by atoms with Crippen LogP contribution in [0.25, 0.3) is 10.9 Å². The summed E-state index contributed by atoms with van der Waals surface area (Å²) in [5.41, 5.74) is 5.02. The summed E-state index contributed by atoms with van der Waals surface area (Å²) < 4.78 is 0. The molecule has 0 amide bonds. The van der Waals surface area contributed by atoms with Crippen molar-refractivity contribution in [1.29, 1.82) is 5.26 Å². The summed E-state index contributed by atoms with van der Waals surface area (Å²) in [4.78, 5) is 7.78. The number of allylic oxidation sites excluding steroid dienone is 1. The highest BCUT2D eigenvalue weighted by Gasteiger charge is 2.11. The lowest BCUT2D eigenvalue weighted by molar-refractivity contribution is 0.982. The third kappa shape index (κ3) is 4.86. The van der Waals surface area contributed by atoms with E-state index in [1.165, 1.54) is 6.08 Å². The number of nitriles is 1. The number of aryl methyl sites for hydroxylation is 2. The summed E-state index contributed by atoms with van der Waals surface area (Å²) in [6.45, 7) is 10.9. The number of benzene rings is 2. The Balaban J connectivity index is 1.86. The number of halogens is 1. The molecule has 0 aliphatic rings. The Kier molecular flexibility index (Phi) is 6.03. The van der Waals surface area contributed by atoms with Gasteiger partial charge in [0.15, 0.2) is 16.7 Å². The van der Waals surface area contributed by atoms with Crippen LogP contribution in [-0.2, 0) is 0 Å². The molecular weight excluding hydrogens is 386 g/mol. The largest absolute Gasteiger partial charge is 0.337 e. The highest BCUT2D eigenvalue weighted by atomic mass is 35.5. The van der Waals surface area contributed by atoms with Crippen molar-refractivity contribution in [3.63, 3.8) is 0 Å². The molecule has 0 aliphatic carbocycles. The minimum atomic E-state index is 0.145. The highest BCUT2D eigenvalue weighted by molar-refractivity contribution is 6.31. The van der Waals surface area contributed by atoms with Crippen LogP contribution in [0.3, 0.4) is 0 Å². The highest BCUT2D eigenvalue weighted by Crippen LogP contribution is 2.29. The molecule has 0 fully saturated rings. The fourth-order valence-corrected chi connectivity index (χ4v) is 2.86. The van der Waals surface area contributed by atoms with Crippen molar-refractivity contribution in [1.82, 2.24) is 15.2 Å². The molecule has 29 heavy (non-hydrogen) atoms. The molecule has 0 spiro atoms. The maximum absolute atomic E-state index is 8.70. The first-order chi connectivity index (χ1) is 14.0. The first-order valence-electron chi connectivity index (χ1n) is 8.59. The zero-order valence-electron chi connectivity index (χ0n) is 15.7. The lowest BCUT2D eigenvalue weighted by atomic mass is 10.0. The van der Waals surface area contributed by atoms with Gasteiger partial charge in [-0.1, -0.05) is 23.7 Å². The monoisotopic (exact) mass is 401 g/mol. The predicted octanol–water partition coefficient (Wildman–Crippen LogP) is 5.72. The molecule has 3 aromatic rings. The number of rotatable bonds is 5. The maximum atomic E-state index is 8.70. The molecule has 7 nitrogen and oxygen atoms in total. The third-order valence-electron chi connectivity index (χ3n) is 4.05. The van der Waals surface area contributed by atoms with Crippen molar-refractivity contribution in [3.8, 4) is 6.07 Å². The van der Waals surface area contributed by atoms with Crippen LogP contribution >= 0.6 is 11.6 Å². The number of aromatic nitrogens is 3. The molecule has 1 aromatic heterocycles. The summed E-state index contributed by atoms with van der Waals surface area (Å²) in [7, 11) is 0. The van der Waals surface area contributed by atoms with Crippen molar-refractivity contribution in [2.45, 2.75) is 13.8 Å². The Morgan fingerprint density at radius 3 is 2.41 bits per heavy atom. The van der Waals surface area contributed by atoms with E-state index in [1.807, 2.05) is 32.0 Å². The molecule has 142 valence electrons. The van der Waals surface area contributed by atoms with Crippen LogP contribution in [0, 0.1) is 31.8 Å². The van der Waals surface area contributed by atoms with Crippen LogP contribution in [0.2, 0.25) is 5.15 Å². The van der Waals surface area contributed by atoms with E-state index in [0.717, 1.165) is 28.1 Å². The van der Waals surface area contributed by atoms with Gasteiger partial charge in [-0.05, 0) is 60.9 Å². The van der Waals surface area contributed by atoms with Gasteiger partial charge < -0.3 is 10.6 Å². The van der Waals surface area contributed by atoms with Gasteiger partial charge in [-0.3, -0.25) is 0 Å². The van der Waals surface area contributed by atoms with Gasteiger partial charge >= 0.3 is 0 Å². The molecule has 0 unspecified atom stereocenters. The molecule has 0 radical (unpaired) electrons. The molecule has 3 rings (SSSR count). The van der Waals surface area contributed by atoms with Crippen molar-refractivity contribution < 1.29 is 0 Å². The van der Waals surface area contributed by atoms with Crippen LogP contribution in [0.4, 0.5) is 28.8 Å². The van der Waals surface area contributed by atoms with Gasteiger partial charge in [-0.2, -0.15) is 10.2 Å². The van der Waals surface area contributed by atoms with Gasteiger partial charge in [0.05, 0.1) is 12.6 Å². The Hall–Kier alpha value is -3.94. The van der Waals surface area contributed by atoms with Crippen molar-refractivity contribution >= 4 is 46.5 Å². The van der Waals surface area contributed by atoms with Crippen LogP contribution in [0.1, 0.15) is 16.7 Å². The van der Waals surface area contributed by atoms with Crippen LogP contribution in [0.15, 0.2) is 42.5 Å². The molecular formula is C21H16ClN7. The van der Waals surface area contributed by atoms with Gasteiger partial charge in [0, 0.05) is 17.5 Å². The van der Waals surface area contributed by atoms with Crippen LogP contribution in [-0.4, -0.2) is 15.2 Å². The Morgan fingerprint density at radius 1 is 1.10 bits per heavy atom. The topological polar surface area (TPSA) is 90.9 Å². The van der Waals surface area contributed by atoms with Gasteiger partial charge in [0.1, 0.15) is 0 Å². The normalized spacial score (nSPS) is 10.4. The number of anilines is 4. The predicted molar refractivity (Wildman–Crippen MR) is 115 cm³/mol. The number of nitrogens with zero attached hydrogens (tertiary/aromatic N) is 5. The Morgan fingerprint density at radius 2 is 1.79 bits per heavy atom. The van der Waals surface area contributed by atoms with Crippen molar-refractivity contribution in [2.75, 3.05) is 10.6 Å². The first-order valence-corrected chi connectivity index (χ1v) is 8.97. The van der Waals surface area contributed by atoms with Crippen LogP contribution < -0.4 is 10.6 Å². The lowest BCUT2D eigenvalue weighted by Gasteiger charge is -2.14. The summed E-state index contributed by atoms with van der Waals surface area (Å²) >= 11 is 6.19. The van der Waals surface area contributed by atoms with E-state index in [2.05, 4.69) is 30.7 Å². The van der Waals surface area contributed by atoms with E-state index in [-0.39, 0.29) is 11.1 Å². The van der Waals surface area contributed by atoms with E-state index in [0.29, 0.717) is 11.5 Å². The van der Waals surface area contributed by atoms with Crippen molar-refractivity contribution in [2.24, 2.45) is 0 Å². The Labute approximate surface area is 173 Å². The second-order valence-corrected chi connectivity index (χ2v) is 6.53. The second kappa shape index (κ2) is 8.83. The second-order valence-electron chi connectivity index (χ2n) is 6.18. The quantitative estimate of drug-likeness (QED) is 0.420. The standard InChI is InChI=1S/C21H16ClN7/c1-13-11-15(5-4-10-23)12-14(2)18(13)26-20-19(22)28-29-21(27-20)25-17-8-6-16(24-3)7-9-17/h4-9,11-12H,1-2H3,(H2,25,26,27,29). The van der Waals surface area contributed by atoms with Crippen molar-refractivity contribution in [3.05, 3.63) is 75.7 Å². The molecule has 8 heteroatoms. The smallest absolute Gasteiger partial charge is 0.249 e. The van der Waals surface area contributed by atoms with E-state index < -0.39 is 0 Å². The fourth-order valence-electron chi connectivity index (χ4n) is 2.74. The van der Waals surface area contributed by atoms with Gasteiger partial charge in [-0.15, -0.1) is 10.2 Å². The molecule has 2 N–H and O–H groups in total. The molecule has 2 aromatic carbocycles. The van der Waals surface area contributed by atoms with Gasteiger partial charge in [0.25, 0.3) is 0 Å². The SMILES string of the molecule is [C-]#[N+]c1ccc(Nc2nnc(Cl)c(Nc3c(C)cc(C=CC#N)cc3C)n2)cc1. The zero-order chi connectivity index (χ0) is 20.8. The minimum absolute atomic E-state index is 0.145. The summed E-state index contributed by atoms with van der Waals surface area (Å²) in [6, 6.07) is 12.8. The first kappa shape index (κ1) is 19.8. The molecule has 0 bridgehead atoms. The van der Waals surface area contributed by atoms with E-state index in [4.69, 9.17) is 23.4 Å². The molecule has 0 aliphatic heterocycles. The number of nitrogens with one attached hydrogen (secondary N) is 2. The zero-order valence-corrected chi connectivity index (χ0v) is 16.5. The van der Waals surface area contributed by atoms with E-state index in [1.54, 1.807) is 30.3 Å². The lowest BCUT2D eigenvalue weighted by Crippen LogP contribution is -2.05. The minimum Gasteiger partial charge on any atom is -0.337 e. The summed E-state index contributed by atoms with van der Waals surface area (Å²) in [5, 5.41) is 23.0. The average Bonchev–Trinajstić information content (AvgIpc) is 2.72. The van der Waals surface area contributed by atoms with E-state index >= 15 is 0 Å². The maximum Gasteiger partial charge on any atom is 0.249 e. The number of hydrogen-bond donors (Lipinski definition) is 2. The van der Waals surface area contributed by atoms with Gasteiger partial charge in [0.2, 0.25) is 5.95 Å². The molecule has 0 atom stereocenters. The Bertz CT molecular complexity index is 1130. The number of hydrogen-bond acceptors (Lipinski definition) is 6. The summed E-state index contributed by atoms with van der Waals surface area (Å²) in [6.07, 6.45) is 3.19. The van der Waals surface area contributed by atoms with Crippen LogP contribution in [0.5, 0.6) is 0 Å². The fraction of sp³-hybridized carbons (Fsp3) is 0.0952. The molecule has 0 saturated carbocycles. The third-order valence-corrected chi connectivity index (χ3v) is 4.30.